The quantitative estimate of drug-likeness (QED) is 0.552. The van der Waals surface area contributed by atoms with E-state index in [1.54, 1.807) is 11.8 Å². The van der Waals surface area contributed by atoms with Crippen molar-refractivity contribution in [1.82, 2.24) is 15.2 Å². The normalized spacial score (nSPS) is 10.1. The lowest BCUT2D eigenvalue weighted by atomic mass is 11.0. The SMILES string of the molecule is CSCCSc1ncn[nH]1. The molecule has 3 nitrogen and oxygen atoms in total. The van der Waals surface area contributed by atoms with E-state index >= 15 is 0 Å². The molecule has 0 unspecified atom stereocenters. The molecule has 10 heavy (non-hydrogen) atoms. The minimum Gasteiger partial charge on any atom is -0.254 e. The maximum Gasteiger partial charge on any atom is 0.183 e. The topological polar surface area (TPSA) is 41.6 Å². The zero-order chi connectivity index (χ0) is 7.23. The summed E-state index contributed by atoms with van der Waals surface area (Å²) in [6, 6.07) is 0. The number of nitrogens with one attached hydrogen (secondary N) is 1. The smallest absolute Gasteiger partial charge is 0.183 e. The zero-order valence-corrected chi connectivity index (χ0v) is 7.34. The lowest BCUT2D eigenvalue weighted by molar-refractivity contribution is 0.974. The van der Waals surface area contributed by atoms with Crippen molar-refractivity contribution in [3.05, 3.63) is 6.33 Å². The minimum absolute atomic E-state index is 0.911. The first-order valence-electron chi connectivity index (χ1n) is 2.90. The highest BCUT2D eigenvalue weighted by Gasteiger charge is 1.93. The molecule has 0 atom stereocenters. The molecule has 56 valence electrons. The van der Waals surface area contributed by atoms with Gasteiger partial charge in [0.1, 0.15) is 6.33 Å². The fraction of sp³-hybridized carbons (Fsp3) is 0.600. The summed E-state index contributed by atoms with van der Waals surface area (Å²) < 4.78 is 0. The summed E-state index contributed by atoms with van der Waals surface area (Å²) in [5, 5.41) is 7.44. The number of hydrogen-bond acceptors (Lipinski definition) is 4. The average Bonchev–Trinajstić information content (AvgIpc) is 2.41. The first kappa shape index (κ1) is 7.94. The molecule has 0 aliphatic carbocycles. The van der Waals surface area contributed by atoms with Crippen molar-refractivity contribution in [2.45, 2.75) is 5.16 Å². The molecule has 0 aliphatic rings. The van der Waals surface area contributed by atoms with Gasteiger partial charge in [-0.05, 0) is 6.26 Å². The Balaban J connectivity index is 2.15. The van der Waals surface area contributed by atoms with Crippen LogP contribution in [0.2, 0.25) is 0 Å². The van der Waals surface area contributed by atoms with E-state index in [-0.39, 0.29) is 0 Å². The van der Waals surface area contributed by atoms with E-state index in [0.717, 1.165) is 16.7 Å². The van der Waals surface area contributed by atoms with Crippen LogP contribution in [0.3, 0.4) is 0 Å². The fourth-order valence-corrected chi connectivity index (χ4v) is 1.92. The predicted molar refractivity (Wildman–Crippen MR) is 45.5 cm³/mol. The summed E-state index contributed by atoms with van der Waals surface area (Å²) >= 11 is 3.54. The van der Waals surface area contributed by atoms with Gasteiger partial charge < -0.3 is 0 Å². The van der Waals surface area contributed by atoms with Crippen molar-refractivity contribution >= 4 is 23.5 Å². The molecule has 5 heteroatoms. The van der Waals surface area contributed by atoms with Crippen molar-refractivity contribution in [2.75, 3.05) is 17.8 Å². The van der Waals surface area contributed by atoms with Gasteiger partial charge in [0, 0.05) is 11.5 Å². The number of rotatable bonds is 4. The molecule has 1 rings (SSSR count). The molecule has 1 heterocycles. The number of hydrogen-bond donors (Lipinski definition) is 1. The Labute approximate surface area is 68.4 Å². The Hall–Kier alpha value is -0.160. The van der Waals surface area contributed by atoms with Gasteiger partial charge in [-0.2, -0.15) is 16.9 Å². The summed E-state index contributed by atoms with van der Waals surface area (Å²) in [5.74, 6) is 2.25. The third kappa shape index (κ3) is 2.62. The largest absolute Gasteiger partial charge is 0.254 e. The Morgan fingerprint density at radius 1 is 1.60 bits per heavy atom. The van der Waals surface area contributed by atoms with Crippen LogP contribution >= 0.6 is 23.5 Å². The summed E-state index contributed by atoms with van der Waals surface area (Å²) in [6.45, 7) is 0. The van der Waals surface area contributed by atoms with E-state index in [2.05, 4.69) is 21.4 Å². The number of H-pyrrole nitrogens is 1. The molecule has 0 saturated heterocycles. The van der Waals surface area contributed by atoms with Gasteiger partial charge in [0.2, 0.25) is 0 Å². The van der Waals surface area contributed by atoms with Gasteiger partial charge >= 0.3 is 0 Å². The lowest BCUT2D eigenvalue weighted by Gasteiger charge is -1.92. The molecule has 0 bridgehead atoms. The Kier molecular flexibility index (Phi) is 3.67. The van der Waals surface area contributed by atoms with Crippen LogP contribution in [0.1, 0.15) is 0 Å². The Bertz CT molecular complexity index is 163. The molecular weight excluding hydrogens is 166 g/mol. The monoisotopic (exact) mass is 175 g/mol. The molecule has 0 spiro atoms. The molecule has 0 aromatic carbocycles. The van der Waals surface area contributed by atoms with E-state index in [0.29, 0.717) is 0 Å². The third-order valence-corrected chi connectivity index (χ3v) is 2.67. The Morgan fingerprint density at radius 2 is 2.50 bits per heavy atom. The summed E-state index contributed by atoms with van der Waals surface area (Å²) in [7, 11) is 0. The standard InChI is InChI=1S/C5H9N3S2/c1-9-2-3-10-5-6-4-7-8-5/h4H,2-3H2,1H3,(H,6,7,8). The van der Waals surface area contributed by atoms with Gasteiger partial charge in [0.15, 0.2) is 5.16 Å². The van der Waals surface area contributed by atoms with E-state index in [1.165, 1.54) is 6.33 Å². The highest BCUT2D eigenvalue weighted by atomic mass is 32.2. The van der Waals surface area contributed by atoms with Gasteiger partial charge in [-0.1, -0.05) is 11.8 Å². The Morgan fingerprint density at radius 3 is 3.10 bits per heavy atom. The molecule has 0 aliphatic heterocycles. The van der Waals surface area contributed by atoms with Crippen LogP contribution in [0.25, 0.3) is 0 Å². The average molecular weight is 175 g/mol. The molecule has 0 saturated carbocycles. The maximum absolute atomic E-state index is 3.98. The van der Waals surface area contributed by atoms with E-state index in [9.17, 15) is 0 Å². The van der Waals surface area contributed by atoms with Crippen molar-refractivity contribution in [2.24, 2.45) is 0 Å². The van der Waals surface area contributed by atoms with Crippen LogP contribution in [0.5, 0.6) is 0 Å². The van der Waals surface area contributed by atoms with E-state index in [4.69, 9.17) is 0 Å². The molecule has 0 radical (unpaired) electrons. The van der Waals surface area contributed by atoms with Crippen molar-refractivity contribution in [3.8, 4) is 0 Å². The maximum atomic E-state index is 3.98. The second-order valence-corrected chi connectivity index (χ2v) is 3.70. The summed E-state index contributed by atoms with van der Waals surface area (Å²) in [6.07, 6.45) is 3.63. The molecule has 0 amide bonds. The first-order chi connectivity index (χ1) is 4.93. The predicted octanol–water partition coefficient (Wildman–Crippen LogP) is 1.26. The van der Waals surface area contributed by atoms with Crippen LogP contribution in [0.15, 0.2) is 11.5 Å². The van der Waals surface area contributed by atoms with Crippen molar-refractivity contribution in [1.29, 1.82) is 0 Å². The molecule has 1 N–H and O–H groups in total. The van der Waals surface area contributed by atoms with Gasteiger partial charge in [0.05, 0.1) is 0 Å². The van der Waals surface area contributed by atoms with Crippen LogP contribution in [-0.2, 0) is 0 Å². The van der Waals surface area contributed by atoms with Crippen LogP contribution in [0.4, 0.5) is 0 Å². The molecule has 1 aromatic rings. The van der Waals surface area contributed by atoms with Gasteiger partial charge in [-0.15, -0.1) is 0 Å². The second kappa shape index (κ2) is 4.62. The number of aromatic nitrogens is 3. The molecular formula is C5H9N3S2. The van der Waals surface area contributed by atoms with Crippen LogP contribution in [0, 0.1) is 0 Å². The summed E-state index contributed by atoms with van der Waals surface area (Å²) in [5.41, 5.74) is 0. The van der Waals surface area contributed by atoms with Gasteiger partial charge in [-0.3, -0.25) is 5.10 Å². The van der Waals surface area contributed by atoms with Crippen molar-refractivity contribution < 1.29 is 0 Å². The van der Waals surface area contributed by atoms with Crippen molar-refractivity contribution in [3.63, 3.8) is 0 Å². The van der Waals surface area contributed by atoms with E-state index < -0.39 is 0 Å². The third-order valence-electron chi connectivity index (χ3n) is 0.919. The number of aromatic amines is 1. The molecule has 0 fully saturated rings. The highest BCUT2D eigenvalue weighted by Crippen LogP contribution is 2.11. The number of thioether (sulfide) groups is 2. The first-order valence-corrected chi connectivity index (χ1v) is 5.28. The van der Waals surface area contributed by atoms with E-state index in [1.807, 2.05) is 11.8 Å². The molecule has 1 aromatic heterocycles. The minimum atomic E-state index is 0.911. The summed E-state index contributed by atoms with van der Waals surface area (Å²) in [4.78, 5) is 3.98. The van der Waals surface area contributed by atoms with Crippen LogP contribution < -0.4 is 0 Å². The second-order valence-electron chi connectivity index (χ2n) is 1.63. The fourth-order valence-electron chi connectivity index (χ4n) is 0.485. The van der Waals surface area contributed by atoms with Gasteiger partial charge in [0.25, 0.3) is 0 Å². The number of nitrogens with zero attached hydrogens (tertiary/aromatic N) is 2. The van der Waals surface area contributed by atoms with Gasteiger partial charge in [-0.25, -0.2) is 4.98 Å². The van der Waals surface area contributed by atoms with Crippen LogP contribution in [-0.4, -0.2) is 32.9 Å². The highest BCUT2D eigenvalue weighted by molar-refractivity contribution is 8.02. The lowest BCUT2D eigenvalue weighted by Crippen LogP contribution is -1.83. The zero-order valence-electron chi connectivity index (χ0n) is 5.70.